The standard InChI is InChI=1S/C30H54O/c1-3-5-7-9-11-13-14-16-18-21-25-29(28-31-30-26-22-19-23-27-30)24-20-17-15-12-10-8-6-4-2/h19,22-23,26-27,29H,3-18,20-21,24-25,28H2,1-2H3. The lowest BCUT2D eigenvalue weighted by atomic mass is 9.94. The molecule has 1 aromatic rings. The third-order valence-corrected chi connectivity index (χ3v) is 6.66. The zero-order valence-electron chi connectivity index (χ0n) is 21.2. The largest absolute Gasteiger partial charge is 0.493 e. The van der Waals surface area contributed by atoms with Crippen LogP contribution >= 0.6 is 0 Å². The van der Waals surface area contributed by atoms with Crippen molar-refractivity contribution in [3.8, 4) is 5.75 Å². The Bertz CT molecular complexity index is 455. The van der Waals surface area contributed by atoms with Gasteiger partial charge < -0.3 is 4.74 Å². The predicted octanol–water partition coefficient (Wildman–Crippen LogP) is 10.5. The molecular formula is C30H54O. The van der Waals surface area contributed by atoms with Crippen molar-refractivity contribution in [2.75, 3.05) is 6.61 Å². The van der Waals surface area contributed by atoms with Crippen LogP contribution in [0.2, 0.25) is 0 Å². The molecule has 1 rings (SSSR count). The molecule has 0 amide bonds. The number of para-hydroxylation sites is 1. The quantitative estimate of drug-likeness (QED) is 0.157. The molecule has 1 unspecified atom stereocenters. The van der Waals surface area contributed by atoms with Crippen LogP contribution in [0.15, 0.2) is 30.3 Å². The van der Waals surface area contributed by atoms with E-state index in [9.17, 15) is 0 Å². The molecule has 31 heavy (non-hydrogen) atoms. The van der Waals surface area contributed by atoms with E-state index in [1.807, 2.05) is 0 Å². The van der Waals surface area contributed by atoms with Crippen molar-refractivity contribution in [3.05, 3.63) is 30.3 Å². The fourth-order valence-corrected chi connectivity index (χ4v) is 4.53. The van der Waals surface area contributed by atoms with Crippen LogP contribution in [0.25, 0.3) is 0 Å². The lowest BCUT2D eigenvalue weighted by molar-refractivity contribution is 0.224. The number of benzene rings is 1. The minimum absolute atomic E-state index is 0.731. The zero-order valence-corrected chi connectivity index (χ0v) is 21.2. The van der Waals surface area contributed by atoms with Crippen LogP contribution < -0.4 is 4.74 Å². The fraction of sp³-hybridized carbons (Fsp3) is 0.800. The number of rotatable bonds is 23. The van der Waals surface area contributed by atoms with Crippen molar-refractivity contribution < 1.29 is 4.74 Å². The van der Waals surface area contributed by atoms with Gasteiger partial charge in [-0.3, -0.25) is 0 Å². The van der Waals surface area contributed by atoms with E-state index in [1.165, 1.54) is 128 Å². The van der Waals surface area contributed by atoms with Gasteiger partial charge in [0.15, 0.2) is 0 Å². The van der Waals surface area contributed by atoms with Crippen molar-refractivity contribution in [2.24, 2.45) is 5.92 Å². The molecular weight excluding hydrogens is 376 g/mol. The Morgan fingerprint density at radius 2 is 0.903 bits per heavy atom. The molecule has 0 aliphatic rings. The van der Waals surface area contributed by atoms with E-state index in [2.05, 4.69) is 44.2 Å². The number of ether oxygens (including phenoxy) is 1. The summed E-state index contributed by atoms with van der Waals surface area (Å²) in [6.07, 6.45) is 28.2. The van der Waals surface area contributed by atoms with E-state index >= 15 is 0 Å². The molecule has 0 aromatic heterocycles. The normalized spacial score (nSPS) is 12.2. The van der Waals surface area contributed by atoms with Gasteiger partial charge in [-0.15, -0.1) is 0 Å². The maximum Gasteiger partial charge on any atom is 0.119 e. The molecule has 0 bridgehead atoms. The maximum absolute atomic E-state index is 6.13. The Kier molecular flexibility index (Phi) is 20.1. The van der Waals surface area contributed by atoms with E-state index in [0.29, 0.717) is 0 Å². The molecule has 1 aromatic carbocycles. The van der Waals surface area contributed by atoms with Crippen LogP contribution in [0, 0.1) is 5.92 Å². The minimum Gasteiger partial charge on any atom is -0.493 e. The topological polar surface area (TPSA) is 9.23 Å². The third-order valence-electron chi connectivity index (χ3n) is 6.66. The van der Waals surface area contributed by atoms with Gasteiger partial charge in [0.1, 0.15) is 5.75 Å². The number of hydrogen-bond donors (Lipinski definition) is 0. The molecule has 0 heterocycles. The summed E-state index contributed by atoms with van der Waals surface area (Å²) < 4.78 is 6.13. The van der Waals surface area contributed by atoms with Gasteiger partial charge in [0, 0.05) is 0 Å². The van der Waals surface area contributed by atoms with Gasteiger partial charge in [0.25, 0.3) is 0 Å². The predicted molar refractivity (Wildman–Crippen MR) is 139 cm³/mol. The van der Waals surface area contributed by atoms with E-state index < -0.39 is 0 Å². The Balaban J connectivity index is 2.14. The third kappa shape index (κ3) is 18.3. The molecule has 1 atom stereocenters. The molecule has 1 nitrogen and oxygen atoms in total. The number of hydrogen-bond acceptors (Lipinski definition) is 1. The van der Waals surface area contributed by atoms with E-state index in [1.54, 1.807) is 0 Å². The Labute approximate surface area is 195 Å². The second-order valence-electron chi connectivity index (χ2n) is 9.72. The summed E-state index contributed by atoms with van der Waals surface area (Å²) in [4.78, 5) is 0. The summed E-state index contributed by atoms with van der Waals surface area (Å²) in [5.74, 6) is 1.76. The summed E-state index contributed by atoms with van der Waals surface area (Å²) in [6.45, 7) is 5.50. The van der Waals surface area contributed by atoms with Crippen molar-refractivity contribution in [1.29, 1.82) is 0 Å². The highest BCUT2D eigenvalue weighted by Gasteiger charge is 2.10. The van der Waals surface area contributed by atoms with Crippen molar-refractivity contribution in [2.45, 2.75) is 142 Å². The van der Waals surface area contributed by atoms with Crippen molar-refractivity contribution in [3.63, 3.8) is 0 Å². The summed E-state index contributed by atoms with van der Waals surface area (Å²) in [7, 11) is 0. The van der Waals surface area contributed by atoms with Crippen LogP contribution in [0.4, 0.5) is 0 Å². The molecule has 0 fully saturated rings. The Morgan fingerprint density at radius 3 is 1.32 bits per heavy atom. The summed E-state index contributed by atoms with van der Waals surface area (Å²) >= 11 is 0. The average Bonchev–Trinajstić information content (AvgIpc) is 2.80. The zero-order chi connectivity index (χ0) is 22.2. The molecule has 0 aliphatic carbocycles. The monoisotopic (exact) mass is 430 g/mol. The van der Waals surface area contributed by atoms with Crippen molar-refractivity contribution in [1.82, 2.24) is 0 Å². The highest BCUT2D eigenvalue weighted by Crippen LogP contribution is 2.21. The van der Waals surface area contributed by atoms with Gasteiger partial charge in [-0.1, -0.05) is 148 Å². The number of unbranched alkanes of at least 4 members (excludes halogenated alkanes) is 16. The molecule has 180 valence electrons. The first-order valence-corrected chi connectivity index (χ1v) is 14.0. The lowest BCUT2D eigenvalue weighted by Gasteiger charge is -2.18. The highest BCUT2D eigenvalue weighted by atomic mass is 16.5. The second kappa shape index (κ2) is 22.2. The van der Waals surface area contributed by atoms with E-state index in [0.717, 1.165) is 18.3 Å². The van der Waals surface area contributed by atoms with E-state index in [-0.39, 0.29) is 0 Å². The van der Waals surface area contributed by atoms with Gasteiger partial charge in [-0.2, -0.15) is 0 Å². The molecule has 1 heteroatoms. The first-order valence-electron chi connectivity index (χ1n) is 14.0. The van der Waals surface area contributed by atoms with Gasteiger partial charge in [-0.25, -0.2) is 0 Å². The molecule has 0 spiro atoms. The SMILES string of the molecule is CCCCCCCCCCCCC(CCCCCCCCCC)COc1ccccc1. The van der Waals surface area contributed by atoms with Gasteiger partial charge >= 0.3 is 0 Å². The van der Waals surface area contributed by atoms with Gasteiger partial charge in [-0.05, 0) is 30.9 Å². The summed E-state index contributed by atoms with van der Waals surface area (Å²) in [5, 5.41) is 0. The van der Waals surface area contributed by atoms with Gasteiger partial charge in [0.05, 0.1) is 6.61 Å². The molecule has 0 N–H and O–H groups in total. The summed E-state index contributed by atoms with van der Waals surface area (Å²) in [6, 6.07) is 10.4. The van der Waals surface area contributed by atoms with Crippen LogP contribution in [0.5, 0.6) is 5.75 Å². The highest BCUT2D eigenvalue weighted by molar-refractivity contribution is 5.20. The fourth-order valence-electron chi connectivity index (χ4n) is 4.53. The lowest BCUT2D eigenvalue weighted by Crippen LogP contribution is -2.12. The molecule has 0 saturated heterocycles. The van der Waals surface area contributed by atoms with Crippen LogP contribution in [-0.2, 0) is 0 Å². The Morgan fingerprint density at radius 1 is 0.516 bits per heavy atom. The van der Waals surface area contributed by atoms with Crippen molar-refractivity contribution >= 4 is 0 Å². The summed E-state index contributed by atoms with van der Waals surface area (Å²) in [5.41, 5.74) is 0. The molecule has 0 saturated carbocycles. The van der Waals surface area contributed by atoms with Gasteiger partial charge in [0.2, 0.25) is 0 Å². The maximum atomic E-state index is 6.13. The first-order chi connectivity index (χ1) is 15.4. The van der Waals surface area contributed by atoms with Crippen LogP contribution in [0.1, 0.15) is 142 Å². The minimum atomic E-state index is 0.731. The molecule has 0 aliphatic heterocycles. The second-order valence-corrected chi connectivity index (χ2v) is 9.72. The smallest absolute Gasteiger partial charge is 0.119 e. The first kappa shape index (κ1) is 28.1. The molecule has 0 radical (unpaired) electrons. The average molecular weight is 431 g/mol. The Hall–Kier alpha value is -0.980. The van der Waals surface area contributed by atoms with Crippen LogP contribution in [0.3, 0.4) is 0 Å². The van der Waals surface area contributed by atoms with E-state index in [4.69, 9.17) is 4.74 Å². The van der Waals surface area contributed by atoms with Crippen LogP contribution in [-0.4, -0.2) is 6.61 Å².